The van der Waals surface area contributed by atoms with Gasteiger partial charge in [0.05, 0.1) is 15.8 Å². The molecule has 0 aliphatic carbocycles. The SMILES string of the molecule is CNC(=O)C(Cc1ccccc1)N(Cc1ccccc1F)C(=O)CSCc1ccc(Cl)c(Cl)c1. The summed E-state index contributed by atoms with van der Waals surface area (Å²) in [5.41, 5.74) is 2.19. The van der Waals surface area contributed by atoms with E-state index in [0.29, 0.717) is 27.8 Å². The van der Waals surface area contributed by atoms with Crippen molar-refractivity contribution in [3.63, 3.8) is 0 Å². The van der Waals surface area contributed by atoms with Gasteiger partial charge in [-0.3, -0.25) is 9.59 Å². The molecule has 3 aromatic carbocycles. The zero-order chi connectivity index (χ0) is 24.5. The highest BCUT2D eigenvalue weighted by molar-refractivity contribution is 7.99. The second-order valence-electron chi connectivity index (χ2n) is 7.67. The van der Waals surface area contributed by atoms with Crippen molar-refractivity contribution >= 4 is 46.8 Å². The van der Waals surface area contributed by atoms with Gasteiger partial charge in [0, 0.05) is 31.3 Å². The molecule has 34 heavy (non-hydrogen) atoms. The maximum atomic E-state index is 14.5. The second-order valence-corrected chi connectivity index (χ2v) is 9.47. The number of likely N-dealkylation sites (N-methyl/N-ethyl adjacent to an activating group) is 1. The van der Waals surface area contributed by atoms with E-state index in [0.717, 1.165) is 11.1 Å². The van der Waals surface area contributed by atoms with Crippen LogP contribution >= 0.6 is 35.0 Å². The Morgan fingerprint density at radius 2 is 1.68 bits per heavy atom. The molecule has 1 unspecified atom stereocenters. The first-order valence-corrected chi connectivity index (χ1v) is 12.6. The van der Waals surface area contributed by atoms with Crippen LogP contribution < -0.4 is 5.32 Å². The number of halogens is 3. The zero-order valence-corrected chi connectivity index (χ0v) is 21.0. The summed E-state index contributed by atoms with van der Waals surface area (Å²) in [5, 5.41) is 3.58. The molecule has 3 rings (SSSR count). The Balaban J connectivity index is 1.81. The van der Waals surface area contributed by atoms with Crippen molar-refractivity contribution < 1.29 is 14.0 Å². The Hall–Kier alpha value is -2.54. The van der Waals surface area contributed by atoms with E-state index in [2.05, 4.69) is 5.32 Å². The molecule has 0 aliphatic rings. The predicted molar refractivity (Wildman–Crippen MR) is 138 cm³/mol. The number of carbonyl (C=O) groups is 2. The van der Waals surface area contributed by atoms with Crippen molar-refractivity contribution in [2.75, 3.05) is 12.8 Å². The number of benzene rings is 3. The minimum Gasteiger partial charge on any atom is -0.357 e. The monoisotopic (exact) mass is 518 g/mol. The topological polar surface area (TPSA) is 49.4 Å². The lowest BCUT2D eigenvalue weighted by Crippen LogP contribution is -2.50. The highest BCUT2D eigenvalue weighted by atomic mass is 35.5. The first kappa shape index (κ1) is 26.1. The first-order chi connectivity index (χ1) is 16.4. The van der Waals surface area contributed by atoms with Gasteiger partial charge < -0.3 is 10.2 Å². The van der Waals surface area contributed by atoms with E-state index in [4.69, 9.17) is 23.2 Å². The molecule has 0 heterocycles. The Morgan fingerprint density at radius 1 is 0.971 bits per heavy atom. The normalized spacial score (nSPS) is 11.6. The van der Waals surface area contributed by atoms with Gasteiger partial charge in [0.1, 0.15) is 11.9 Å². The molecular formula is C26H25Cl2FN2O2S. The maximum Gasteiger partial charge on any atom is 0.242 e. The average molecular weight is 519 g/mol. The van der Waals surface area contributed by atoms with Crippen molar-refractivity contribution in [2.45, 2.75) is 24.8 Å². The summed E-state index contributed by atoms with van der Waals surface area (Å²) in [6.07, 6.45) is 0.318. The van der Waals surface area contributed by atoms with Crippen LogP contribution in [0.1, 0.15) is 16.7 Å². The van der Waals surface area contributed by atoms with E-state index >= 15 is 0 Å². The molecule has 0 spiro atoms. The second kappa shape index (κ2) is 12.8. The summed E-state index contributed by atoms with van der Waals surface area (Å²) in [7, 11) is 1.53. The van der Waals surface area contributed by atoms with Gasteiger partial charge in [-0.25, -0.2) is 4.39 Å². The van der Waals surface area contributed by atoms with Crippen LogP contribution in [0, 0.1) is 5.82 Å². The number of hydrogen-bond acceptors (Lipinski definition) is 3. The van der Waals surface area contributed by atoms with Crippen LogP contribution in [0.2, 0.25) is 10.0 Å². The molecule has 2 amide bonds. The number of thioether (sulfide) groups is 1. The fraction of sp³-hybridized carbons (Fsp3) is 0.231. The van der Waals surface area contributed by atoms with Crippen LogP contribution in [0.3, 0.4) is 0 Å². The average Bonchev–Trinajstić information content (AvgIpc) is 2.84. The molecule has 178 valence electrons. The molecule has 8 heteroatoms. The lowest BCUT2D eigenvalue weighted by Gasteiger charge is -2.31. The number of amides is 2. The van der Waals surface area contributed by atoms with Gasteiger partial charge in [0.2, 0.25) is 11.8 Å². The van der Waals surface area contributed by atoms with Gasteiger partial charge in [-0.15, -0.1) is 11.8 Å². The number of hydrogen-bond donors (Lipinski definition) is 1. The quantitative estimate of drug-likeness (QED) is 0.371. The van der Waals surface area contributed by atoms with Crippen molar-refractivity contribution in [3.05, 3.63) is 105 Å². The van der Waals surface area contributed by atoms with Crippen molar-refractivity contribution in [3.8, 4) is 0 Å². The Kier molecular flexibility index (Phi) is 9.81. The summed E-state index contributed by atoms with van der Waals surface area (Å²) in [6, 6.07) is 20.3. The number of rotatable bonds is 10. The molecule has 0 fully saturated rings. The summed E-state index contributed by atoms with van der Waals surface area (Å²) >= 11 is 13.5. The highest BCUT2D eigenvalue weighted by Crippen LogP contribution is 2.25. The lowest BCUT2D eigenvalue weighted by atomic mass is 10.0. The number of nitrogens with zero attached hydrogens (tertiary/aromatic N) is 1. The summed E-state index contributed by atoms with van der Waals surface area (Å²) in [4.78, 5) is 27.7. The third kappa shape index (κ3) is 7.23. The molecule has 0 aromatic heterocycles. The predicted octanol–water partition coefficient (Wildman–Crippen LogP) is 5.75. The van der Waals surface area contributed by atoms with Crippen molar-refractivity contribution in [2.24, 2.45) is 0 Å². The standard InChI is InChI=1S/C26H25Cl2FN2O2S/c1-30-26(33)24(14-18-7-3-2-4-8-18)31(15-20-9-5-6-10-23(20)29)25(32)17-34-16-19-11-12-21(27)22(28)13-19/h2-13,24H,14-17H2,1H3,(H,30,33). The summed E-state index contributed by atoms with van der Waals surface area (Å²) in [5.74, 6) is -0.309. The Bertz CT molecular complexity index is 1130. The van der Waals surface area contributed by atoms with Crippen LogP contribution in [-0.2, 0) is 28.3 Å². The molecular weight excluding hydrogens is 494 g/mol. The fourth-order valence-electron chi connectivity index (χ4n) is 3.50. The van der Waals surface area contributed by atoms with E-state index in [1.165, 1.54) is 29.8 Å². The highest BCUT2D eigenvalue weighted by Gasteiger charge is 2.30. The molecule has 0 saturated carbocycles. The van der Waals surface area contributed by atoms with Crippen LogP contribution in [-0.4, -0.2) is 35.6 Å². The molecule has 1 N–H and O–H groups in total. The third-order valence-electron chi connectivity index (χ3n) is 5.29. The van der Waals surface area contributed by atoms with E-state index < -0.39 is 11.9 Å². The smallest absolute Gasteiger partial charge is 0.242 e. The minimum absolute atomic E-state index is 0.0102. The van der Waals surface area contributed by atoms with Gasteiger partial charge in [-0.05, 0) is 29.3 Å². The van der Waals surface area contributed by atoms with E-state index in [1.807, 2.05) is 36.4 Å². The lowest BCUT2D eigenvalue weighted by molar-refractivity contribution is -0.139. The largest absolute Gasteiger partial charge is 0.357 e. The van der Waals surface area contributed by atoms with Gasteiger partial charge in [-0.1, -0.05) is 77.8 Å². The number of nitrogens with one attached hydrogen (secondary N) is 1. The van der Waals surface area contributed by atoms with Gasteiger partial charge in [0.25, 0.3) is 0 Å². The van der Waals surface area contributed by atoms with Gasteiger partial charge in [0.15, 0.2) is 0 Å². The van der Waals surface area contributed by atoms with Gasteiger partial charge in [-0.2, -0.15) is 0 Å². The van der Waals surface area contributed by atoms with Crippen LogP contribution in [0.5, 0.6) is 0 Å². The van der Waals surface area contributed by atoms with Gasteiger partial charge >= 0.3 is 0 Å². The zero-order valence-electron chi connectivity index (χ0n) is 18.6. The molecule has 4 nitrogen and oxygen atoms in total. The summed E-state index contributed by atoms with van der Waals surface area (Å²) in [6.45, 7) is -0.0102. The first-order valence-electron chi connectivity index (χ1n) is 10.7. The molecule has 3 aromatic rings. The maximum absolute atomic E-state index is 14.5. The molecule has 0 saturated heterocycles. The van der Waals surface area contributed by atoms with Crippen LogP contribution in [0.15, 0.2) is 72.8 Å². The molecule has 1 atom stereocenters. The van der Waals surface area contributed by atoms with Crippen LogP contribution in [0.4, 0.5) is 4.39 Å². The van der Waals surface area contributed by atoms with E-state index in [-0.39, 0.29) is 24.1 Å². The third-order valence-corrected chi connectivity index (χ3v) is 7.02. The van der Waals surface area contributed by atoms with Crippen LogP contribution in [0.25, 0.3) is 0 Å². The summed E-state index contributed by atoms with van der Waals surface area (Å²) < 4.78 is 14.5. The Labute approximate surface area is 213 Å². The molecule has 0 bridgehead atoms. The fourth-order valence-corrected chi connectivity index (χ4v) is 4.68. The van der Waals surface area contributed by atoms with Crippen molar-refractivity contribution in [1.29, 1.82) is 0 Å². The molecule has 0 radical (unpaired) electrons. The number of carbonyl (C=O) groups excluding carboxylic acids is 2. The Morgan fingerprint density at radius 3 is 2.35 bits per heavy atom. The minimum atomic E-state index is -0.787. The molecule has 0 aliphatic heterocycles. The van der Waals surface area contributed by atoms with E-state index in [1.54, 1.807) is 30.3 Å². The van der Waals surface area contributed by atoms with Crippen molar-refractivity contribution in [1.82, 2.24) is 10.2 Å². The van der Waals surface area contributed by atoms with E-state index in [9.17, 15) is 14.0 Å².